The molecule has 3 aliphatic rings. The lowest BCUT2D eigenvalue weighted by Gasteiger charge is -2.31. The van der Waals surface area contributed by atoms with E-state index in [4.69, 9.17) is 9.47 Å². The molecule has 7 heteroatoms. The second-order valence-corrected chi connectivity index (χ2v) is 10.4. The van der Waals surface area contributed by atoms with Gasteiger partial charge < -0.3 is 14.6 Å². The molecule has 1 aromatic rings. The molecule has 4 atom stereocenters. The Labute approximate surface area is 210 Å². The Morgan fingerprint density at radius 2 is 2.06 bits per heavy atom. The van der Waals surface area contributed by atoms with Crippen LogP contribution in [0, 0.1) is 17.8 Å². The summed E-state index contributed by atoms with van der Waals surface area (Å²) < 4.78 is 12.7. The van der Waals surface area contributed by atoms with Gasteiger partial charge in [-0.3, -0.25) is 14.5 Å². The summed E-state index contributed by atoms with van der Waals surface area (Å²) >= 11 is 3.47. The van der Waals surface area contributed by atoms with E-state index in [1.54, 1.807) is 13.2 Å². The van der Waals surface area contributed by atoms with Gasteiger partial charge in [-0.1, -0.05) is 41.4 Å². The third-order valence-electron chi connectivity index (χ3n) is 7.40. The van der Waals surface area contributed by atoms with Crippen molar-refractivity contribution in [3.63, 3.8) is 0 Å². The summed E-state index contributed by atoms with van der Waals surface area (Å²) in [6.07, 6.45) is 5.82. The van der Waals surface area contributed by atoms with E-state index in [-0.39, 0.29) is 41.4 Å². The Balaban J connectivity index is 1.55. The molecule has 0 saturated carbocycles. The van der Waals surface area contributed by atoms with Crippen LogP contribution in [0.3, 0.4) is 0 Å². The highest BCUT2D eigenvalue weighted by molar-refractivity contribution is 9.10. The molecule has 2 heterocycles. The number of hydrogen-bond acceptors (Lipinski definition) is 5. The maximum Gasteiger partial charge on any atom is 0.233 e. The monoisotopic (exact) mass is 531 g/mol. The van der Waals surface area contributed by atoms with Crippen LogP contribution >= 0.6 is 15.9 Å². The molecule has 6 nitrogen and oxygen atoms in total. The summed E-state index contributed by atoms with van der Waals surface area (Å²) in [6.45, 7) is 5.54. The van der Waals surface area contributed by atoms with Gasteiger partial charge in [0.2, 0.25) is 11.8 Å². The molecule has 1 aromatic carbocycles. The van der Waals surface area contributed by atoms with Crippen molar-refractivity contribution in [2.24, 2.45) is 17.8 Å². The van der Waals surface area contributed by atoms with E-state index in [0.29, 0.717) is 26.2 Å². The molecule has 2 aliphatic heterocycles. The van der Waals surface area contributed by atoms with Crippen molar-refractivity contribution in [1.29, 1.82) is 0 Å². The molecule has 2 amide bonds. The number of benzene rings is 1. The number of rotatable bonds is 9. The highest BCUT2D eigenvalue weighted by atomic mass is 79.9. The normalized spacial score (nSPS) is 26.9. The number of phenolic OH excluding ortho intramolecular Hbond substituents is 1. The minimum Gasteiger partial charge on any atom is -0.507 e. The highest BCUT2D eigenvalue weighted by Crippen LogP contribution is 2.50. The molecular formula is C27H34BrNO5. The fraction of sp³-hybridized carbons (Fsp3) is 0.556. The second kappa shape index (κ2) is 10.8. The lowest BCUT2D eigenvalue weighted by molar-refractivity contribution is -0.140. The van der Waals surface area contributed by atoms with Crippen LogP contribution < -0.4 is 0 Å². The molecule has 0 spiro atoms. The second-order valence-electron chi connectivity index (χ2n) is 9.48. The molecule has 0 radical (unpaired) electrons. The summed E-state index contributed by atoms with van der Waals surface area (Å²) in [4.78, 5) is 27.7. The lowest BCUT2D eigenvalue weighted by atomic mass is 9.69. The first-order chi connectivity index (χ1) is 16.4. The summed E-state index contributed by atoms with van der Waals surface area (Å²) in [5.74, 6) is -0.436. The number of likely N-dealkylation sites (tertiary alicyclic amines) is 1. The standard InChI is InChI=1S/C27H34BrNO5/c1-4-10-29-26(31)20-13-18(14-33-3)24-21(25(20)27(29)32)15-34-23(24)9-6-16(5-2)11-17-12-19(28)7-8-22(17)30/h7-8,11-12,20-21,23,25,30H,4-6,9-10,13-15H2,1-3H3/b16-11+/t20-,21+,23-,25-/m1/s1. The average Bonchev–Trinajstić information content (AvgIpc) is 3.34. The first kappa shape index (κ1) is 25.1. The van der Waals surface area contributed by atoms with E-state index < -0.39 is 0 Å². The van der Waals surface area contributed by atoms with Crippen LogP contribution in [-0.4, -0.2) is 54.8 Å². The van der Waals surface area contributed by atoms with Crippen LogP contribution in [-0.2, 0) is 19.1 Å². The van der Waals surface area contributed by atoms with E-state index in [1.807, 2.05) is 19.1 Å². The molecular weight excluding hydrogens is 498 g/mol. The topological polar surface area (TPSA) is 76.1 Å². The van der Waals surface area contributed by atoms with E-state index in [9.17, 15) is 14.7 Å². The molecule has 4 rings (SSSR count). The van der Waals surface area contributed by atoms with Crippen LogP contribution in [0.4, 0.5) is 0 Å². The van der Waals surface area contributed by atoms with E-state index in [1.165, 1.54) is 16.0 Å². The highest BCUT2D eigenvalue weighted by Gasteiger charge is 2.56. The van der Waals surface area contributed by atoms with Crippen molar-refractivity contribution >= 4 is 33.8 Å². The number of phenols is 1. The SMILES string of the molecule is CCCN1C(=O)[C@@H]2[C@@H](CC(COC)=C3[C@@H](CC/C(=C/c4cc(Br)ccc4O)CC)OC[C@@H]32)C1=O. The maximum atomic E-state index is 13.2. The Bertz CT molecular complexity index is 1020. The zero-order valence-corrected chi connectivity index (χ0v) is 21.8. The van der Waals surface area contributed by atoms with Gasteiger partial charge in [-0.2, -0.15) is 0 Å². The number of nitrogens with zero attached hydrogens (tertiary/aromatic N) is 1. The number of methoxy groups -OCH3 is 1. The van der Waals surface area contributed by atoms with Crippen LogP contribution in [0.25, 0.3) is 6.08 Å². The number of ether oxygens (including phenoxy) is 2. The molecule has 2 saturated heterocycles. The third-order valence-corrected chi connectivity index (χ3v) is 7.89. The lowest BCUT2D eigenvalue weighted by Crippen LogP contribution is -2.35. The molecule has 1 aliphatic carbocycles. The number of imide groups is 1. The van der Waals surface area contributed by atoms with Gasteiger partial charge in [0.25, 0.3) is 0 Å². The van der Waals surface area contributed by atoms with Crippen molar-refractivity contribution in [3.05, 3.63) is 45.0 Å². The first-order valence-corrected chi connectivity index (χ1v) is 13.0. The van der Waals surface area contributed by atoms with Crippen molar-refractivity contribution in [1.82, 2.24) is 4.90 Å². The molecule has 34 heavy (non-hydrogen) atoms. The largest absolute Gasteiger partial charge is 0.507 e. The van der Waals surface area contributed by atoms with Crippen LogP contribution in [0.15, 0.2) is 39.4 Å². The molecule has 0 unspecified atom stereocenters. The van der Waals surface area contributed by atoms with Gasteiger partial charge in [-0.05, 0) is 61.4 Å². The predicted molar refractivity (Wildman–Crippen MR) is 134 cm³/mol. The number of halogens is 1. The summed E-state index contributed by atoms with van der Waals surface area (Å²) in [7, 11) is 1.67. The Morgan fingerprint density at radius 3 is 2.76 bits per heavy atom. The van der Waals surface area contributed by atoms with Crippen molar-refractivity contribution in [2.75, 3.05) is 26.9 Å². The molecule has 184 valence electrons. The number of aromatic hydroxyl groups is 1. The number of amides is 2. The number of hydrogen-bond donors (Lipinski definition) is 1. The van der Waals surface area contributed by atoms with E-state index in [0.717, 1.165) is 41.3 Å². The molecule has 0 bridgehead atoms. The predicted octanol–water partition coefficient (Wildman–Crippen LogP) is 5.10. The summed E-state index contributed by atoms with van der Waals surface area (Å²) in [6, 6.07) is 5.43. The molecule has 0 aromatic heterocycles. The first-order valence-electron chi connectivity index (χ1n) is 12.2. The van der Waals surface area contributed by atoms with Crippen LogP contribution in [0.5, 0.6) is 5.75 Å². The summed E-state index contributed by atoms with van der Waals surface area (Å²) in [5.41, 5.74) is 4.33. The van der Waals surface area contributed by atoms with Gasteiger partial charge >= 0.3 is 0 Å². The third kappa shape index (κ3) is 4.75. The zero-order valence-electron chi connectivity index (χ0n) is 20.2. The van der Waals surface area contributed by atoms with Crippen molar-refractivity contribution < 1.29 is 24.2 Å². The number of carbonyl (C=O) groups is 2. The number of carbonyl (C=O) groups excluding carboxylic acids is 2. The summed E-state index contributed by atoms with van der Waals surface area (Å²) in [5, 5.41) is 10.2. The quantitative estimate of drug-likeness (QED) is 0.354. The Kier molecular flexibility index (Phi) is 7.95. The van der Waals surface area contributed by atoms with Crippen LogP contribution in [0.1, 0.15) is 51.5 Å². The van der Waals surface area contributed by atoms with Gasteiger partial charge in [0.05, 0.1) is 31.2 Å². The smallest absolute Gasteiger partial charge is 0.233 e. The average molecular weight is 532 g/mol. The minimum absolute atomic E-state index is 0.0284. The maximum absolute atomic E-state index is 13.2. The minimum atomic E-state index is -0.306. The molecule has 2 fully saturated rings. The van der Waals surface area contributed by atoms with Gasteiger partial charge in [0, 0.05) is 29.6 Å². The van der Waals surface area contributed by atoms with Gasteiger partial charge in [0.1, 0.15) is 5.75 Å². The Morgan fingerprint density at radius 1 is 1.26 bits per heavy atom. The number of allylic oxidation sites excluding steroid dienone is 1. The van der Waals surface area contributed by atoms with Gasteiger partial charge in [0.15, 0.2) is 0 Å². The Hall–Kier alpha value is -1.96. The molecule has 1 N–H and O–H groups in total. The fourth-order valence-electron chi connectivity index (χ4n) is 5.82. The van der Waals surface area contributed by atoms with Crippen molar-refractivity contribution in [3.8, 4) is 5.75 Å². The van der Waals surface area contributed by atoms with Crippen LogP contribution in [0.2, 0.25) is 0 Å². The van der Waals surface area contributed by atoms with E-state index in [2.05, 4.69) is 28.9 Å². The van der Waals surface area contributed by atoms with Gasteiger partial charge in [-0.25, -0.2) is 0 Å². The fourth-order valence-corrected chi connectivity index (χ4v) is 6.20. The zero-order chi connectivity index (χ0) is 24.4. The van der Waals surface area contributed by atoms with E-state index >= 15 is 0 Å². The van der Waals surface area contributed by atoms with Gasteiger partial charge in [-0.15, -0.1) is 0 Å². The number of fused-ring (bicyclic) bond motifs is 3. The van der Waals surface area contributed by atoms with Crippen molar-refractivity contribution in [2.45, 2.75) is 52.1 Å².